The third-order valence-corrected chi connectivity index (χ3v) is 3.01. The molecule has 0 unspecified atom stereocenters. The van der Waals surface area contributed by atoms with Crippen LogP contribution in [-0.2, 0) is 6.42 Å². The van der Waals surface area contributed by atoms with Crippen LogP contribution in [0, 0.1) is 12.7 Å². The highest BCUT2D eigenvalue weighted by Gasteiger charge is 2.13. The smallest absolute Gasteiger partial charge is 0.170 e. The van der Waals surface area contributed by atoms with E-state index in [2.05, 4.69) is 0 Å². The van der Waals surface area contributed by atoms with E-state index >= 15 is 0 Å². The summed E-state index contributed by atoms with van der Waals surface area (Å²) < 4.78 is 18.3. The van der Waals surface area contributed by atoms with Gasteiger partial charge in [0.1, 0.15) is 11.6 Å². The molecular weight excluding hydrogens is 255 g/mol. The Morgan fingerprint density at radius 1 is 1.15 bits per heavy atom. The van der Waals surface area contributed by atoms with Gasteiger partial charge >= 0.3 is 0 Å². The molecule has 0 radical (unpaired) electrons. The van der Waals surface area contributed by atoms with Crippen LogP contribution in [0.15, 0.2) is 42.5 Å². The largest absolute Gasteiger partial charge is 0.493 e. The van der Waals surface area contributed by atoms with Crippen molar-refractivity contribution in [3.05, 3.63) is 65.0 Å². The number of carbonyl (C=O) groups excluding carboxylic acids is 1. The first-order chi connectivity index (χ1) is 9.60. The normalized spacial score (nSPS) is 10.3. The number of hydrogen-bond donors (Lipinski definition) is 0. The number of Topliss-reactive ketones (excluding diaryl/α,β-unsaturated/α-hetero) is 1. The van der Waals surface area contributed by atoms with E-state index in [1.54, 1.807) is 12.1 Å². The SMILES string of the molecule is CCOc1ccc(C)cc1C(=O)Cc1ccc(F)cc1. The van der Waals surface area contributed by atoms with E-state index in [-0.39, 0.29) is 18.0 Å². The van der Waals surface area contributed by atoms with Crippen LogP contribution >= 0.6 is 0 Å². The molecule has 0 amide bonds. The lowest BCUT2D eigenvalue weighted by Gasteiger charge is -2.10. The van der Waals surface area contributed by atoms with E-state index < -0.39 is 0 Å². The van der Waals surface area contributed by atoms with Gasteiger partial charge in [0.15, 0.2) is 5.78 Å². The van der Waals surface area contributed by atoms with Crippen LogP contribution in [0.1, 0.15) is 28.4 Å². The first kappa shape index (κ1) is 14.3. The van der Waals surface area contributed by atoms with Crippen molar-refractivity contribution in [2.45, 2.75) is 20.3 Å². The third kappa shape index (κ3) is 3.44. The Hall–Kier alpha value is -2.16. The number of halogens is 1. The molecule has 20 heavy (non-hydrogen) atoms. The van der Waals surface area contributed by atoms with Gasteiger partial charge in [0.05, 0.1) is 12.2 Å². The lowest BCUT2D eigenvalue weighted by Crippen LogP contribution is -2.07. The number of ether oxygens (including phenoxy) is 1. The van der Waals surface area contributed by atoms with E-state index in [0.29, 0.717) is 17.9 Å². The molecule has 0 aliphatic carbocycles. The minimum absolute atomic E-state index is 0.0243. The van der Waals surface area contributed by atoms with Crippen molar-refractivity contribution in [3.63, 3.8) is 0 Å². The van der Waals surface area contributed by atoms with Gasteiger partial charge in [0, 0.05) is 6.42 Å². The number of benzene rings is 2. The number of hydrogen-bond acceptors (Lipinski definition) is 2. The molecular formula is C17H17FO2. The zero-order chi connectivity index (χ0) is 14.5. The maximum Gasteiger partial charge on any atom is 0.170 e. The number of aryl methyl sites for hydroxylation is 1. The summed E-state index contributed by atoms with van der Waals surface area (Å²) in [6, 6.07) is 11.5. The van der Waals surface area contributed by atoms with E-state index in [1.165, 1.54) is 12.1 Å². The summed E-state index contributed by atoms with van der Waals surface area (Å²) in [6.07, 6.45) is 0.240. The zero-order valence-electron chi connectivity index (χ0n) is 11.7. The number of ketones is 1. The van der Waals surface area contributed by atoms with Crippen LogP contribution in [0.4, 0.5) is 4.39 Å². The second-order valence-corrected chi connectivity index (χ2v) is 4.66. The molecule has 104 valence electrons. The maximum atomic E-state index is 12.9. The summed E-state index contributed by atoms with van der Waals surface area (Å²) >= 11 is 0. The van der Waals surface area contributed by atoms with Crippen molar-refractivity contribution in [1.82, 2.24) is 0 Å². The lowest BCUT2D eigenvalue weighted by molar-refractivity contribution is 0.0989. The minimum atomic E-state index is -0.299. The van der Waals surface area contributed by atoms with Crippen molar-refractivity contribution in [1.29, 1.82) is 0 Å². The van der Waals surface area contributed by atoms with Gasteiger partial charge in [-0.3, -0.25) is 4.79 Å². The predicted molar refractivity (Wildman–Crippen MR) is 76.8 cm³/mol. The van der Waals surface area contributed by atoms with Crippen molar-refractivity contribution in [2.75, 3.05) is 6.61 Å². The molecule has 0 spiro atoms. The standard InChI is InChI=1S/C17H17FO2/c1-3-20-17-9-4-12(2)10-15(17)16(19)11-13-5-7-14(18)8-6-13/h4-10H,3,11H2,1-2H3. The Kier molecular flexibility index (Phi) is 4.51. The molecule has 0 aromatic heterocycles. The van der Waals surface area contributed by atoms with Crippen LogP contribution in [-0.4, -0.2) is 12.4 Å². The molecule has 0 saturated carbocycles. The van der Waals surface area contributed by atoms with Crippen molar-refractivity contribution in [3.8, 4) is 5.75 Å². The summed E-state index contributed by atoms with van der Waals surface area (Å²) in [5, 5.41) is 0. The molecule has 2 aromatic rings. The van der Waals surface area contributed by atoms with Crippen LogP contribution in [0.2, 0.25) is 0 Å². The number of carbonyl (C=O) groups is 1. The van der Waals surface area contributed by atoms with Crippen molar-refractivity contribution in [2.24, 2.45) is 0 Å². The van der Waals surface area contributed by atoms with E-state index in [9.17, 15) is 9.18 Å². The summed E-state index contributed by atoms with van der Waals surface area (Å²) in [5.74, 6) is 0.278. The van der Waals surface area contributed by atoms with Gasteiger partial charge in [0.2, 0.25) is 0 Å². The molecule has 2 nitrogen and oxygen atoms in total. The summed E-state index contributed by atoms with van der Waals surface area (Å²) in [7, 11) is 0. The Balaban J connectivity index is 2.23. The predicted octanol–water partition coefficient (Wildman–Crippen LogP) is 3.96. The van der Waals surface area contributed by atoms with Gasteiger partial charge in [-0.15, -0.1) is 0 Å². The van der Waals surface area contributed by atoms with E-state index in [1.807, 2.05) is 32.0 Å². The van der Waals surface area contributed by atoms with Gasteiger partial charge in [0.25, 0.3) is 0 Å². The Morgan fingerprint density at radius 2 is 1.85 bits per heavy atom. The molecule has 0 fully saturated rings. The molecule has 0 aliphatic heterocycles. The molecule has 0 N–H and O–H groups in total. The summed E-state index contributed by atoms with van der Waals surface area (Å²) in [6.45, 7) is 4.33. The quantitative estimate of drug-likeness (QED) is 0.770. The number of rotatable bonds is 5. The first-order valence-corrected chi connectivity index (χ1v) is 6.61. The molecule has 3 heteroatoms. The summed E-state index contributed by atoms with van der Waals surface area (Å²) in [5.41, 5.74) is 2.38. The molecule has 0 bridgehead atoms. The molecule has 0 atom stereocenters. The van der Waals surface area contributed by atoms with Crippen LogP contribution in [0.5, 0.6) is 5.75 Å². The van der Waals surface area contributed by atoms with Gasteiger partial charge in [-0.2, -0.15) is 0 Å². The van der Waals surface area contributed by atoms with E-state index in [0.717, 1.165) is 11.1 Å². The van der Waals surface area contributed by atoms with Crippen molar-refractivity contribution < 1.29 is 13.9 Å². The molecule has 2 rings (SSSR count). The Labute approximate surface area is 118 Å². The average Bonchev–Trinajstić information content (AvgIpc) is 2.43. The Bertz CT molecular complexity index is 603. The highest BCUT2D eigenvalue weighted by atomic mass is 19.1. The minimum Gasteiger partial charge on any atom is -0.493 e. The first-order valence-electron chi connectivity index (χ1n) is 6.61. The lowest BCUT2D eigenvalue weighted by atomic mass is 10.0. The zero-order valence-corrected chi connectivity index (χ0v) is 11.7. The van der Waals surface area contributed by atoms with Gasteiger partial charge in [-0.05, 0) is 43.7 Å². The molecule has 0 aliphatic rings. The second-order valence-electron chi connectivity index (χ2n) is 4.66. The fraction of sp³-hybridized carbons (Fsp3) is 0.235. The molecule has 0 heterocycles. The molecule has 2 aromatic carbocycles. The van der Waals surface area contributed by atoms with Crippen LogP contribution in [0.25, 0.3) is 0 Å². The summed E-state index contributed by atoms with van der Waals surface area (Å²) in [4.78, 5) is 12.4. The maximum absolute atomic E-state index is 12.9. The van der Waals surface area contributed by atoms with Gasteiger partial charge in [-0.25, -0.2) is 4.39 Å². The van der Waals surface area contributed by atoms with E-state index in [4.69, 9.17) is 4.74 Å². The highest BCUT2D eigenvalue weighted by Crippen LogP contribution is 2.22. The second kappa shape index (κ2) is 6.33. The third-order valence-electron chi connectivity index (χ3n) is 3.01. The highest BCUT2D eigenvalue weighted by molar-refractivity contribution is 6.00. The van der Waals surface area contributed by atoms with Crippen molar-refractivity contribution >= 4 is 5.78 Å². The fourth-order valence-corrected chi connectivity index (χ4v) is 2.03. The van der Waals surface area contributed by atoms with Gasteiger partial charge in [-0.1, -0.05) is 23.8 Å². The fourth-order valence-electron chi connectivity index (χ4n) is 2.03. The van der Waals surface area contributed by atoms with Gasteiger partial charge < -0.3 is 4.74 Å². The monoisotopic (exact) mass is 272 g/mol. The van der Waals surface area contributed by atoms with Crippen LogP contribution < -0.4 is 4.74 Å². The average molecular weight is 272 g/mol. The molecule has 0 saturated heterocycles. The Morgan fingerprint density at radius 3 is 2.50 bits per heavy atom. The topological polar surface area (TPSA) is 26.3 Å². The van der Waals surface area contributed by atoms with Crippen LogP contribution in [0.3, 0.4) is 0 Å².